The minimum atomic E-state index is -0.286. The zero-order chi connectivity index (χ0) is 17.8. The highest BCUT2D eigenvalue weighted by atomic mass is 16.3. The minimum Gasteiger partial charge on any atom is -0.389 e. The Labute approximate surface area is 153 Å². The predicted molar refractivity (Wildman–Crippen MR) is 106 cm³/mol. The van der Waals surface area contributed by atoms with Gasteiger partial charge in [-0.3, -0.25) is 4.90 Å². The average Bonchev–Trinajstić information content (AvgIpc) is 2.91. The third-order valence-corrected chi connectivity index (χ3v) is 6.09. The van der Waals surface area contributed by atoms with Gasteiger partial charge in [0.1, 0.15) is 0 Å². The summed E-state index contributed by atoms with van der Waals surface area (Å²) in [7, 11) is 0. The molecule has 2 atom stereocenters. The molecule has 136 valence electrons. The van der Waals surface area contributed by atoms with Crippen molar-refractivity contribution in [1.29, 1.82) is 0 Å². The van der Waals surface area contributed by atoms with E-state index in [1.165, 1.54) is 54.6 Å². The van der Waals surface area contributed by atoms with E-state index < -0.39 is 0 Å². The second-order valence-corrected chi connectivity index (χ2v) is 7.86. The van der Waals surface area contributed by atoms with Gasteiger partial charge in [-0.1, -0.05) is 37.0 Å². The topological polar surface area (TPSA) is 23.5 Å². The van der Waals surface area contributed by atoms with Crippen LogP contribution in [0.5, 0.6) is 0 Å². The molecular weight excluding hydrogens is 306 g/mol. The van der Waals surface area contributed by atoms with Gasteiger partial charge in [0, 0.05) is 6.54 Å². The van der Waals surface area contributed by atoms with E-state index in [2.05, 4.69) is 55.7 Å². The smallest absolute Gasteiger partial charge is 0.0761 e. The Morgan fingerprint density at radius 1 is 1.32 bits per heavy atom. The van der Waals surface area contributed by atoms with Crippen molar-refractivity contribution in [3.8, 4) is 0 Å². The third kappa shape index (κ3) is 4.43. The normalized spacial score (nSPS) is 29.1. The lowest BCUT2D eigenvalue weighted by Crippen LogP contribution is -2.35. The summed E-state index contributed by atoms with van der Waals surface area (Å²) in [4.78, 5) is 2.59. The van der Waals surface area contributed by atoms with E-state index in [-0.39, 0.29) is 6.10 Å². The van der Waals surface area contributed by atoms with Crippen molar-refractivity contribution in [3.63, 3.8) is 0 Å². The molecule has 2 heteroatoms. The van der Waals surface area contributed by atoms with Gasteiger partial charge in [0.25, 0.3) is 0 Å². The first-order chi connectivity index (χ1) is 12.1. The largest absolute Gasteiger partial charge is 0.389 e. The second-order valence-electron chi connectivity index (χ2n) is 7.86. The molecule has 0 bridgehead atoms. The molecule has 3 aliphatic rings. The quantitative estimate of drug-likeness (QED) is 0.727. The molecule has 1 N–H and O–H groups in total. The van der Waals surface area contributed by atoms with Crippen LogP contribution in [-0.2, 0) is 0 Å². The van der Waals surface area contributed by atoms with Gasteiger partial charge in [-0.15, -0.1) is 0 Å². The summed E-state index contributed by atoms with van der Waals surface area (Å²) in [5.41, 5.74) is 5.43. The first-order valence-electron chi connectivity index (χ1n) is 9.89. The van der Waals surface area contributed by atoms with Crippen LogP contribution in [0, 0.1) is 11.8 Å². The zero-order valence-corrected chi connectivity index (χ0v) is 15.9. The maximum atomic E-state index is 9.84. The van der Waals surface area contributed by atoms with Crippen LogP contribution in [0.15, 0.2) is 59.3 Å². The van der Waals surface area contributed by atoms with Crippen molar-refractivity contribution < 1.29 is 5.11 Å². The van der Waals surface area contributed by atoms with Crippen molar-refractivity contribution >= 4 is 0 Å². The predicted octanol–water partition coefficient (Wildman–Crippen LogP) is 4.80. The fraction of sp³-hybridized carbons (Fsp3) is 0.565. The maximum absolute atomic E-state index is 9.84. The molecule has 2 unspecified atom stereocenters. The Hall–Kier alpha value is -1.38. The van der Waals surface area contributed by atoms with E-state index >= 15 is 0 Å². The number of piperidine rings is 1. The average molecular weight is 340 g/mol. The van der Waals surface area contributed by atoms with Crippen LogP contribution in [0.4, 0.5) is 0 Å². The van der Waals surface area contributed by atoms with Gasteiger partial charge < -0.3 is 5.11 Å². The number of hydrogen-bond acceptors (Lipinski definition) is 2. The minimum absolute atomic E-state index is 0.286. The highest BCUT2D eigenvalue weighted by molar-refractivity contribution is 5.54. The standard InChI is InChI=1S/C23H33NO/c1-4-6-18(5-2)16-24-11-9-19(10-12-24)13-20-14-21-15-22(25)7-8-23(21)17(20)3/h4-6,8,15,19-20,22,25H,3,7,9-14,16H2,1-2H3/b6-4-,18-5+. The number of rotatable bonds is 5. The van der Waals surface area contributed by atoms with Gasteiger partial charge in [-0.2, -0.15) is 0 Å². The molecule has 2 nitrogen and oxygen atoms in total. The number of nitrogens with zero attached hydrogens (tertiary/aromatic N) is 1. The van der Waals surface area contributed by atoms with Crippen LogP contribution in [-0.4, -0.2) is 35.7 Å². The van der Waals surface area contributed by atoms with Crippen molar-refractivity contribution in [1.82, 2.24) is 4.90 Å². The molecule has 0 amide bonds. The molecule has 2 aliphatic carbocycles. The van der Waals surface area contributed by atoms with Crippen molar-refractivity contribution in [2.24, 2.45) is 11.8 Å². The van der Waals surface area contributed by atoms with Gasteiger partial charge in [0.15, 0.2) is 0 Å². The molecule has 0 aromatic carbocycles. The molecular formula is C23H33NO. The number of hydrogen-bond donors (Lipinski definition) is 1. The summed E-state index contributed by atoms with van der Waals surface area (Å²) in [5, 5.41) is 9.84. The molecule has 1 saturated heterocycles. The van der Waals surface area contributed by atoms with E-state index in [1.54, 1.807) is 0 Å². The highest BCUT2D eigenvalue weighted by Crippen LogP contribution is 2.45. The van der Waals surface area contributed by atoms with E-state index in [0.717, 1.165) is 25.3 Å². The van der Waals surface area contributed by atoms with Crippen LogP contribution in [0.25, 0.3) is 0 Å². The molecule has 3 rings (SSSR count). The summed E-state index contributed by atoms with van der Waals surface area (Å²) < 4.78 is 0. The van der Waals surface area contributed by atoms with Crippen molar-refractivity contribution in [2.75, 3.05) is 19.6 Å². The SMILES string of the molecule is C=C1C2=CCC(O)C=C2CC1CC1CCN(CC(/C=C\C)=C/C)CC1. The summed E-state index contributed by atoms with van der Waals surface area (Å²) in [5.74, 6) is 1.41. The third-order valence-electron chi connectivity index (χ3n) is 6.09. The number of aliphatic hydroxyl groups excluding tert-OH is 1. The lowest BCUT2D eigenvalue weighted by atomic mass is 9.84. The Morgan fingerprint density at radius 3 is 2.76 bits per heavy atom. The Balaban J connectivity index is 1.50. The van der Waals surface area contributed by atoms with Crippen molar-refractivity contribution in [3.05, 3.63) is 59.3 Å². The summed E-state index contributed by atoms with van der Waals surface area (Å²) >= 11 is 0. The monoisotopic (exact) mass is 339 g/mol. The molecule has 0 aromatic heterocycles. The van der Waals surface area contributed by atoms with Crippen LogP contribution in [0.2, 0.25) is 0 Å². The Kier molecular flexibility index (Phi) is 6.14. The molecule has 1 aliphatic heterocycles. The van der Waals surface area contributed by atoms with E-state index in [9.17, 15) is 5.11 Å². The van der Waals surface area contributed by atoms with Crippen LogP contribution < -0.4 is 0 Å². The summed E-state index contributed by atoms with van der Waals surface area (Å²) in [6, 6.07) is 0. The number of aliphatic hydroxyl groups is 1. The number of likely N-dealkylation sites (tertiary alicyclic amines) is 1. The second kappa shape index (κ2) is 8.33. The zero-order valence-electron chi connectivity index (χ0n) is 15.9. The van der Waals surface area contributed by atoms with Crippen molar-refractivity contribution in [2.45, 2.75) is 52.1 Å². The van der Waals surface area contributed by atoms with E-state index in [1.807, 2.05) is 0 Å². The Morgan fingerprint density at radius 2 is 2.08 bits per heavy atom. The molecule has 0 spiro atoms. The van der Waals surface area contributed by atoms with E-state index in [4.69, 9.17) is 0 Å². The first-order valence-corrected chi connectivity index (χ1v) is 9.89. The number of allylic oxidation sites excluding steroid dienone is 5. The molecule has 1 saturated carbocycles. The molecule has 1 heterocycles. The number of fused-ring (bicyclic) bond motifs is 1. The first kappa shape index (κ1) is 18.4. The summed E-state index contributed by atoms with van der Waals surface area (Å²) in [6.07, 6.45) is 16.3. The van der Waals surface area contributed by atoms with Crippen LogP contribution in [0.1, 0.15) is 46.0 Å². The van der Waals surface area contributed by atoms with Crippen LogP contribution in [0.3, 0.4) is 0 Å². The maximum Gasteiger partial charge on any atom is 0.0761 e. The van der Waals surface area contributed by atoms with E-state index in [0.29, 0.717) is 5.92 Å². The van der Waals surface area contributed by atoms with Gasteiger partial charge >= 0.3 is 0 Å². The van der Waals surface area contributed by atoms with Gasteiger partial charge in [-0.25, -0.2) is 0 Å². The van der Waals surface area contributed by atoms with Crippen LogP contribution >= 0.6 is 0 Å². The fourth-order valence-corrected chi connectivity index (χ4v) is 4.60. The molecule has 25 heavy (non-hydrogen) atoms. The summed E-state index contributed by atoms with van der Waals surface area (Å²) in [6.45, 7) is 12.1. The lowest BCUT2D eigenvalue weighted by Gasteiger charge is -2.33. The van der Waals surface area contributed by atoms with Gasteiger partial charge in [0.05, 0.1) is 6.10 Å². The highest BCUT2D eigenvalue weighted by Gasteiger charge is 2.32. The van der Waals surface area contributed by atoms with Gasteiger partial charge in [-0.05, 0) is 93.2 Å². The van der Waals surface area contributed by atoms with Gasteiger partial charge in [0.2, 0.25) is 0 Å². The Bertz CT molecular complexity index is 614. The molecule has 0 radical (unpaired) electrons. The fourth-order valence-electron chi connectivity index (χ4n) is 4.60. The molecule has 2 fully saturated rings. The lowest BCUT2D eigenvalue weighted by molar-refractivity contribution is 0.183. The molecule has 0 aromatic rings.